The van der Waals surface area contributed by atoms with Crippen molar-refractivity contribution in [2.45, 2.75) is 20.3 Å². The minimum absolute atomic E-state index is 0. The van der Waals surface area contributed by atoms with E-state index in [1.807, 2.05) is 12.2 Å². The van der Waals surface area contributed by atoms with Gasteiger partial charge in [-0.05, 0) is 21.5 Å². The topological polar surface area (TPSA) is 43.6 Å². The maximum atomic E-state index is 3.88. The summed E-state index contributed by atoms with van der Waals surface area (Å²) in [5.74, 6) is 0. The van der Waals surface area contributed by atoms with Crippen LogP contribution >= 0.6 is 0 Å². The van der Waals surface area contributed by atoms with Gasteiger partial charge in [0.25, 0.3) is 0 Å². The van der Waals surface area contributed by atoms with E-state index in [4.69, 9.17) is 0 Å². The van der Waals surface area contributed by atoms with E-state index in [0.717, 1.165) is 12.1 Å². The Hall–Kier alpha value is -0.788. The number of hydrogen-bond donors (Lipinski definition) is 0. The average molecular weight is 361 g/mol. The summed E-state index contributed by atoms with van der Waals surface area (Å²) in [5.41, 5.74) is 1.17. The van der Waals surface area contributed by atoms with E-state index in [9.17, 15) is 0 Å². The first-order chi connectivity index (χ1) is 6.20. The maximum Gasteiger partial charge on any atom is 0.141 e. The molecule has 75 valence electrons. The summed E-state index contributed by atoms with van der Waals surface area (Å²) in [6.45, 7) is 4.31. The van der Waals surface area contributed by atoms with Crippen LogP contribution in [-0.4, -0.2) is 20.2 Å². The van der Waals surface area contributed by atoms with Gasteiger partial charge in [0.2, 0.25) is 0 Å². The molecule has 1 aliphatic carbocycles. The molecule has 2 rings (SSSR count). The Labute approximate surface area is 96.7 Å². The molecule has 0 bridgehead atoms. The van der Waals surface area contributed by atoms with Crippen molar-refractivity contribution >= 4 is 5.70 Å². The van der Waals surface area contributed by atoms with Crippen LogP contribution in [0.25, 0.3) is 5.70 Å². The van der Waals surface area contributed by atoms with Crippen molar-refractivity contribution in [1.29, 1.82) is 0 Å². The molecule has 1 radical (unpaired) electrons. The minimum Gasteiger partial charge on any atom is -0.274 e. The summed E-state index contributed by atoms with van der Waals surface area (Å²) < 4.78 is 1.71. The monoisotopic (exact) mass is 362 g/mol. The molecule has 1 aromatic rings. The Bertz CT molecular complexity index is 351. The Morgan fingerprint density at radius 1 is 1.50 bits per heavy atom. The van der Waals surface area contributed by atoms with E-state index >= 15 is 0 Å². The third-order valence-corrected chi connectivity index (χ3v) is 2.19. The first-order valence-corrected chi connectivity index (χ1v) is 4.21. The fourth-order valence-electron chi connectivity index (χ4n) is 1.43. The van der Waals surface area contributed by atoms with E-state index in [0.29, 0.717) is 0 Å². The summed E-state index contributed by atoms with van der Waals surface area (Å²) in [6.07, 6.45) is 9.62. The van der Waals surface area contributed by atoms with Gasteiger partial charge in [-0.2, -0.15) is 6.08 Å². The molecule has 1 heterocycles. The molecule has 0 amide bonds. The number of rotatable bonds is 1. The van der Waals surface area contributed by atoms with Crippen LogP contribution in [0.4, 0.5) is 0 Å². The van der Waals surface area contributed by atoms with Crippen molar-refractivity contribution in [3.05, 3.63) is 24.6 Å². The van der Waals surface area contributed by atoms with Gasteiger partial charge in [0.05, 0.1) is 0 Å². The van der Waals surface area contributed by atoms with Crippen LogP contribution < -0.4 is 0 Å². The molecule has 4 nitrogen and oxygen atoms in total. The van der Waals surface area contributed by atoms with Crippen molar-refractivity contribution in [2.24, 2.45) is 5.41 Å². The van der Waals surface area contributed by atoms with Crippen LogP contribution in [0, 0.1) is 11.5 Å². The molecule has 14 heavy (non-hydrogen) atoms. The van der Waals surface area contributed by atoms with E-state index in [1.165, 1.54) is 0 Å². The van der Waals surface area contributed by atoms with Gasteiger partial charge in [0.15, 0.2) is 0 Å². The number of hydrogen-bond acceptors (Lipinski definition) is 3. The molecule has 1 aliphatic rings. The van der Waals surface area contributed by atoms with Gasteiger partial charge in [-0.1, -0.05) is 13.8 Å². The summed E-state index contributed by atoms with van der Waals surface area (Å²) in [4.78, 5) is 0. The number of allylic oxidation sites excluding steroid dienone is 4. The molecule has 0 atom stereocenters. The average Bonchev–Trinajstić information content (AvgIpc) is 2.55. The van der Waals surface area contributed by atoms with Gasteiger partial charge in [0.1, 0.15) is 6.33 Å². The summed E-state index contributed by atoms with van der Waals surface area (Å²) in [6, 6.07) is 0. The molecule has 0 aliphatic heterocycles. The normalized spacial score (nSPS) is 18.6. The van der Waals surface area contributed by atoms with Gasteiger partial charge < -0.3 is 0 Å². The van der Waals surface area contributed by atoms with E-state index in [-0.39, 0.29) is 25.8 Å². The van der Waals surface area contributed by atoms with Crippen LogP contribution in [0.3, 0.4) is 0 Å². The fourth-order valence-corrected chi connectivity index (χ4v) is 1.43. The summed E-state index contributed by atoms with van der Waals surface area (Å²) in [7, 11) is 0. The van der Waals surface area contributed by atoms with E-state index in [2.05, 4.69) is 35.4 Å². The van der Waals surface area contributed by atoms with Crippen LogP contribution in [0.2, 0.25) is 0 Å². The number of aromatic nitrogens is 4. The first kappa shape index (κ1) is 11.3. The molecule has 0 saturated heterocycles. The first-order valence-electron chi connectivity index (χ1n) is 4.21. The van der Waals surface area contributed by atoms with Crippen molar-refractivity contribution in [3.8, 4) is 0 Å². The quantitative estimate of drug-likeness (QED) is 0.709. The standard InChI is InChI=1S/C9H11N4.Re/c1-9(2)6-4-3-5-8(9)13-7-10-11-12-13;/h3,5,7H,6H2,1-2H3;/q-1;. The Morgan fingerprint density at radius 3 is 2.86 bits per heavy atom. The molecule has 5 heteroatoms. The van der Waals surface area contributed by atoms with Gasteiger partial charge in [-0.25, -0.2) is 10.8 Å². The Kier molecular flexibility index (Phi) is 3.35. The molecule has 0 unspecified atom stereocenters. The van der Waals surface area contributed by atoms with Gasteiger partial charge in [-0.15, -0.1) is 11.5 Å². The Balaban J connectivity index is 0.000000980. The largest absolute Gasteiger partial charge is 0.274 e. The van der Waals surface area contributed by atoms with E-state index in [1.54, 1.807) is 11.0 Å². The van der Waals surface area contributed by atoms with Crippen LogP contribution in [0.5, 0.6) is 0 Å². The van der Waals surface area contributed by atoms with Gasteiger partial charge in [0, 0.05) is 20.4 Å². The zero-order chi connectivity index (χ0) is 9.31. The zero-order valence-electron chi connectivity index (χ0n) is 8.11. The molecule has 1 aromatic heterocycles. The van der Waals surface area contributed by atoms with Crippen molar-refractivity contribution < 1.29 is 20.4 Å². The minimum atomic E-state index is 0. The predicted octanol–water partition coefficient (Wildman–Crippen LogP) is 1.30. The SMILES string of the molecule is CC1(C)C[C-]=CC=C1n1cnnn1.[Re]. The van der Waals surface area contributed by atoms with Gasteiger partial charge in [-0.3, -0.25) is 6.08 Å². The third kappa shape index (κ3) is 1.99. The smallest absolute Gasteiger partial charge is 0.141 e. The number of tetrazole rings is 1. The molecule has 0 saturated carbocycles. The van der Waals surface area contributed by atoms with Crippen LogP contribution in [0.15, 0.2) is 18.5 Å². The van der Waals surface area contributed by atoms with Gasteiger partial charge >= 0.3 is 0 Å². The van der Waals surface area contributed by atoms with E-state index < -0.39 is 0 Å². The molecule has 0 aromatic carbocycles. The molecule has 0 N–H and O–H groups in total. The second kappa shape index (κ2) is 4.16. The van der Waals surface area contributed by atoms with Crippen molar-refractivity contribution in [3.63, 3.8) is 0 Å². The molecule has 0 spiro atoms. The van der Waals surface area contributed by atoms with Crippen molar-refractivity contribution in [1.82, 2.24) is 20.2 Å². The fraction of sp³-hybridized carbons (Fsp3) is 0.444. The third-order valence-electron chi connectivity index (χ3n) is 2.19. The Morgan fingerprint density at radius 2 is 2.29 bits per heavy atom. The molecule has 0 fully saturated rings. The second-order valence-corrected chi connectivity index (χ2v) is 3.74. The van der Waals surface area contributed by atoms with Crippen LogP contribution in [0.1, 0.15) is 20.3 Å². The van der Waals surface area contributed by atoms with Crippen molar-refractivity contribution in [2.75, 3.05) is 0 Å². The molecular formula is C9H11N4Re-. The molecular weight excluding hydrogens is 350 g/mol. The predicted molar refractivity (Wildman–Crippen MR) is 48.3 cm³/mol. The maximum absolute atomic E-state index is 3.88. The summed E-state index contributed by atoms with van der Waals surface area (Å²) >= 11 is 0. The summed E-state index contributed by atoms with van der Waals surface area (Å²) in [5, 5.41) is 11.1. The zero-order valence-corrected chi connectivity index (χ0v) is 10.8. The second-order valence-electron chi connectivity index (χ2n) is 3.74. The van der Waals surface area contributed by atoms with Crippen LogP contribution in [-0.2, 0) is 20.4 Å². The number of nitrogens with zero attached hydrogens (tertiary/aromatic N) is 4.